The van der Waals surface area contributed by atoms with E-state index in [1.807, 2.05) is 0 Å². The van der Waals surface area contributed by atoms with Crippen LogP contribution in [0.25, 0.3) is 0 Å². The van der Waals surface area contributed by atoms with Crippen molar-refractivity contribution < 1.29 is 5.11 Å². The monoisotopic (exact) mass is 247 g/mol. The summed E-state index contributed by atoms with van der Waals surface area (Å²) < 4.78 is 0. The van der Waals surface area contributed by atoms with Gasteiger partial charge in [-0.25, -0.2) is 0 Å². The van der Waals surface area contributed by atoms with Gasteiger partial charge in [0, 0.05) is 12.2 Å². The van der Waals surface area contributed by atoms with E-state index in [0.29, 0.717) is 6.54 Å². The number of benzene rings is 1. The Labute approximate surface area is 110 Å². The quantitative estimate of drug-likeness (QED) is 0.805. The number of aliphatic hydroxyl groups is 1. The lowest BCUT2D eigenvalue weighted by molar-refractivity contribution is 0.155. The van der Waals surface area contributed by atoms with Crippen LogP contribution in [0.15, 0.2) is 24.3 Å². The van der Waals surface area contributed by atoms with Gasteiger partial charge in [-0.15, -0.1) is 0 Å². The van der Waals surface area contributed by atoms with E-state index < -0.39 is 0 Å². The second-order valence-corrected chi connectivity index (χ2v) is 5.47. The Bertz CT molecular complexity index is 341. The Balaban J connectivity index is 1.72. The maximum absolute atomic E-state index is 10.0. The van der Waals surface area contributed by atoms with Gasteiger partial charge in [0.1, 0.15) is 0 Å². The molecule has 0 heterocycles. The third kappa shape index (κ3) is 4.02. The van der Waals surface area contributed by atoms with Crippen LogP contribution in [-0.4, -0.2) is 17.8 Å². The summed E-state index contributed by atoms with van der Waals surface area (Å²) in [5.74, 6) is 0.754. The summed E-state index contributed by atoms with van der Waals surface area (Å²) in [4.78, 5) is 0. The third-order valence-corrected chi connectivity index (χ3v) is 3.98. The molecule has 1 aromatic rings. The van der Waals surface area contributed by atoms with Crippen molar-refractivity contribution in [1.29, 1.82) is 0 Å². The Kier molecular flexibility index (Phi) is 5.06. The van der Waals surface area contributed by atoms with E-state index >= 15 is 0 Å². The van der Waals surface area contributed by atoms with Crippen molar-refractivity contribution in [2.75, 3.05) is 11.9 Å². The number of nitrogens with one attached hydrogen (secondary N) is 1. The number of hydrogen-bond acceptors (Lipinski definition) is 2. The summed E-state index contributed by atoms with van der Waals surface area (Å²) in [6, 6.07) is 8.49. The average molecular weight is 247 g/mol. The fraction of sp³-hybridized carbons (Fsp3) is 0.625. The number of rotatable bonds is 6. The van der Waals surface area contributed by atoms with Crippen molar-refractivity contribution in [1.82, 2.24) is 0 Å². The average Bonchev–Trinajstić information content (AvgIpc) is 2.90. The molecule has 2 heteroatoms. The minimum atomic E-state index is -0.209. The predicted molar refractivity (Wildman–Crippen MR) is 76.9 cm³/mol. The zero-order valence-corrected chi connectivity index (χ0v) is 11.4. The minimum absolute atomic E-state index is 0.209. The van der Waals surface area contributed by atoms with Crippen LogP contribution in [0.5, 0.6) is 0 Å². The summed E-state index contributed by atoms with van der Waals surface area (Å²) in [7, 11) is 0. The fourth-order valence-corrected chi connectivity index (χ4v) is 2.81. The molecule has 0 radical (unpaired) electrons. The van der Waals surface area contributed by atoms with E-state index in [-0.39, 0.29) is 6.10 Å². The predicted octanol–water partition coefficient (Wildman–Crippen LogP) is 3.60. The molecule has 2 rings (SSSR count). The standard InChI is InChI=1S/C16H25NO/c1-2-13-7-9-15(10-8-13)17-12-16(18)11-14-5-3-4-6-14/h7-10,14,16-18H,2-6,11-12H2,1H3. The SMILES string of the molecule is CCc1ccc(NCC(O)CC2CCCC2)cc1. The lowest BCUT2D eigenvalue weighted by Crippen LogP contribution is -2.21. The highest BCUT2D eigenvalue weighted by Gasteiger charge is 2.18. The normalized spacial score (nSPS) is 17.9. The Morgan fingerprint density at radius 3 is 2.50 bits per heavy atom. The smallest absolute Gasteiger partial charge is 0.0715 e. The van der Waals surface area contributed by atoms with Gasteiger partial charge in [0.15, 0.2) is 0 Å². The van der Waals surface area contributed by atoms with Gasteiger partial charge in [0.2, 0.25) is 0 Å². The van der Waals surface area contributed by atoms with Crippen molar-refractivity contribution in [2.45, 2.75) is 51.6 Å². The molecule has 1 aliphatic rings. The number of aliphatic hydroxyl groups excluding tert-OH is 1. The van der Waals surface area contributed by atoms with Gasteiger partial charge in [-0.05, 0) is 36.5 Å². The first-order chi connectivity index (χ1) is 8.78. The zero-order valence-electron chi connectivity index (χ0n) is 11.4. The van der Waals surface area contributed by atoms with E-state index in [9.17, 15) is 5.11 Å². The van der Waals surface area contributed by atoms with Crippen LogP contribution in [0.4, 0.5) is 5.69 Å². The molecule has 0 aliphatic heterocycles. The first-order valence-electron chi connectivity index (χ1n) is 7.29. The van der Waals surface area contributed by atoms with Crippen molar-refractivity contribution in [2.24, 2.45) is 5.92 Å². The molecular formula is C16H25NO. The van der Waals surface area contributed by atoms with E-state index in [1.165, 1.54) is 31.2 Å². The van der Waals surface area contributed by atoms with Gasteiger partial charge in [-0.1, -0.05) is 44.7 Å². The van der Waals surface area contributed by atoms with Gasteiger partial charge in [0.25, 0.3) is 0 Å². The summed E-state index contributed by atoms with van der Waals surface area (Å²) in [5.41, 5.74) is 2.46. The van der Waals surface area contributed by atoms with E-state index in [0.717, 1.165) is 24.4 Å². The third-order valence-electron chi connectivity index (χ3n) is 3.98. The number of anilines is 1. The molecule has 1 atom stereocenters. The van der Waals surface area contributed by atoms with Crippen LogP contribution in [-0.2, 0) is 6.42 Å². The molecule has 100 valence electrons. The second kappa shape index (κ2) is 6.79. The summed E-state index contributed by atoms with van der Waals surface area (Å²) >= 11 is 0. The van der Waals surface area contributed by atoms with Crippen LogP contribution in [0, 0.1) is 5.92 Å². The Morgan fingerprint density at radius 1 is 1.22 bits per heavy atom. The molecule has 1 aliphatic carbocycles. The molecule has 2 nitrogen and oxygen atoms in total. The number of hydrogen-bond donors (Lipinski definition) is 2. The first kappa shape index (κ1) is 13.4. The summed E-state index contributed by atoms with van der Waals surface area (Å²) in [6.07, 6.45) is 7.14. The van der Waals surface area contributed by atoms with Crippen molar-refractivity contribution in [3.8, 4) is 0 Å². The highest BCUT2D eigenvalue weighted by molar-refractivity contribution is 5.44. The van der Waals surface area contributed by atoms with Crippen molar-refractivity contribution >= 4 is 5.69 Å². The molecule has 0 bridgehead atoms. The lowest BCUT2D eigenvalue weighted by atomic mass is 10.00. The summed E-state index contributed by atoms with van der Waals surface area (Å²) in [6.45, 7) is 2.83. The molecule has 0 saturated heterocycles. The molecule has 1 fully saturated rings. The zero-order chi connectivity index (χ0) is 12.8. The minimum Gasteiger partial charge on any atom is -0.391 e. The molecule has 1 saturated carbocycles. The Morgan fingerprint density at radius 2 is 1.89 bits per heavy atom. The fourth-order valence-electron chi connectivity index (χ4n) is 2.81. The van der Waals surface area contributed by atoms with Crippen LogP contribution in [0.1, 0.15) is 44.6 Å². The highest BCUT2D eigenvalue weighted by Crippen LogP contribution is 2.28. The number of aryl methyl sites for hydroxylation is 1. The topological polar surface area (TPSA) is 32.3 Å². The Hall–Kier alpha value is -1.02. The van der Waals surface area contributed by atoms with E-state index in [1.54, 1.807) is 0 Å². The van der Waals surface area contributed by atoms with Gasteiger partial charge in [0.05, 0.1) is 6.10 Å². The largest absolute Gasteiger partial charge is 0.391 e. The molecule has 1 unspecified atom stereocenters. The van der Waals surface area contributed by atoms with Gasteiger partial charge < -0.3 is 10.4 Å². The molecular weight excluding hydrogens is 222 g/mol. The second-order valence-electron chi connectivity index (χ2n) is 5.47. The molecule has 0 amide bonds. The van der Waals surface area contributed by atoms with Gasteiger partial charge in [-0.3, -0.25) is 0 Å². The van der Waals surface area contributed by atoms with Crippen molar-refractivity contribution in [3.05, 3.63) is 29.8 Å². The molecule has 2 N–H and O–H groups in total. The molecule has 0 aromatic heterocycles. The summed E-state index contributed by atoms with van der Waals surface area (Å²) in [5, 5.41) is 13.3. The highest BCUT2D eigenvalue weighted by atomic mass is 16.3. The van der Waals surface area contributed by atoms with Crippen LogP contribution >= 0.6 is 0 Å². The van der Waals surface area contributed by atoms with Crippen LogP contribution < -0.4 is 5.32 Å². The van der Waals surface area contributed by atoms with E-state index in [4.69, 9.17) is 0 Å². The van der Waals surface area contributed by atoms with Crippen LogP contribution in [0.3, 0.4) is 0 Å². The maximum atomic E-state index is 10.0. The van der Waals surface area contributed by atoms with Gasteiger partial charge >= 0.3 is 0 Å². The lowest BCUT2D eigenvalue weighted by Gasteiger charge is -2.16. The first-order valence-corrected chi connectivity index (χ1v) is 7.29. The van der Waals surface area contributed by atoms with E-state index in [2.05, 4.69) is 36.5 Å². The maximum Gasteiger partial charge on any atom is 0.0715 e. The van der Waals surface area contributed by atoms with Crippen molar-refractivity contribution in [3.63, 3.8) is 0 Å². The van der Waals surface area contributed by atoms with Gasteiger partial charge in [-0.2, -0.15) is 0 Å². The molecule has 18 heavy (non-hydrogen) atoms. The molecule has 0 spiro atoms. The van der Waals surface area contributed by atoms with Crippen LogP contribution in [0.2, 0.25) is 0 Å². The molecule has 1 aromatic carbocycles.